The van der Waals surface area contributed by atoms with Gasteiger partial charge in [-0.25, -0.2) is 0 Å². The number of methoxy groups -OCH3 is 3. The second-order valence-electron chi connectivity index (χ2n) is 14.4. The van der Waals surface area contributed by atoms with Gasteiger partial charge >= 0.3 is 31.8 Å². The van der Waals surface area contributed by atoms with E-state index in [1.54, 1.807) is 21.3 Å². The van der Waals surface area contributed by atoms with Crippen LogP contribution in [0.1, 0.15) is 0 Å². The van der Waals surface area contributed by atoms with E-state index in [9.17, 15) is 26.3 Å². The van der Waals surface area contributed by atoms with E-state index in [-0.39, 0.29) is 19.5 Å². The second-order valence-corrected chi connectivity index (χ2v) is 18.7. The number of hydrogen-bond acceptors (Lipinski definition) is 7. The zero-order chi connectivity index (χ0) is 49.0. The number of carbonyl (C=O) groups excluding carboxylic acids is 2. The van der Waals surface area contributed by atoms with Gasteiger partial charge in [0.25, 0.3) is 0 Å². The van der Waals surface area contributed by atoms with Crippen LogP contribution in [0.4, 0.5) is 26.3 Å². The first kappa shape index (κ1) is 53.4. The summed E-state index contributed by atoms with van der Waals surface area (Å²) in [5.41, 5.74) is 4.39. The third-order valence-electron chi connectivity index (χ3n) is 10.2. The Bertz CT molecular complexity index is 2860. The predicted molar refractivity (Wildman–Crippen MR) is 254 cm³/mol. The molecule has 0 fully saturated rings. The fourth-order valence-corrected chi connectivity index (χ4v) is 12.4. The van der Waals surface area contributed by atoms with Crippen LogP contribution in [0.2, 0.25) is 0 Å². The van der Waals surface area contributed by atoms with Gasteiger partial charge in [-0.1, -0.05) is 152 Å². The van der Waals surface area contributed by atoms with Crippen molar-refractivity contribution in [3.63, 3.8) is 0 Å². The van der Waals surface area contributed by atoms with Crippen LogP contribution in [0.25, 0.3) is 33.0 Å². The van der Waals surface area contributed by atoms with Crippen molar-refractivity contribution in [3.05, 3.63) is 188 Å². The van der Waals surface area contributed by atoms with Gasteiger partial charge < -0.3 is 34.0 Å². The number of carboxylic acid groups (broad SMARTS) is 2. The molecule has 0 N–H and O–H groups in total. The zero-order valence-corrected chi connectivity index (χ0v) is 40.3. The molecule has 0 saturated heterocycles. The van der Waals surface area contributed by atoms with Crippen LogP contribution < -0.4 is 56.3 Å². The molecule has 16 heteroatoms. The Hall–Kier alpha value is -6.58. The standard InChI is InChI=1S/C49H40O3P2.2C2HF3O2.Ru/c1-50-38-30-29-35-33-37(28-27-36(35)34-38)43-31-32-45(52-3)48(49(43)54(41-21-12-6-13-22-41)42-23-14-7-15-24-42)47-44(51-2)25-16-26-46(47)53(39-17-8-4-9-18-39)40-19-10-5-11-20-40;2*3-2(4,5)1(6)7;/h4-34H,1-3H3;2*(H,6,7);/q;;;+2/p-2. The first-order chi connectivity index (χ1) is 32.6. The minimum absolute atomic E-state index is 0. The summed E-state index contributed by atoms with van der Waals surface area (Å²) < 4.78 is 81.5. The molecule has 0 bridgehead atoms. The molecule has 0 heterocycles. The summed E-state index contributed by atoms with van der Waals surface area (Å²) in [4.78, 5) is 17.6. The van der Waals surface area contributed by atoms with Gasteiger partial charge in [0.2, 0.25) is 0 Å². The van der Waals surface area contributed by atoms with Crippen LogP contribution in [0.15, 0.2) is 188 Å². The Balaban J connectivity index is 0.000000518. The molecule has 0 spiro atoms. The summed E-state index contributed by atoms with van der Waals surface area (Å²) in [6, 6.07) is 67.5. The first-order valence-corrected chi connectivity index (χ1v) is 23.1. The van der Waals surface area contributed by atoms with E-state index in [1.807, 2.05) is 6.07 Å². The Labute approximate surface area is 409 Å². The van der Waals surface area contributed by atoms with Crippen molar-refractivity contribution in [2.45, 2.75) is 12.4 Å². The number of alkyl halides is 6. The molecular formula is C53H40F6O7P2Ru. The molecule has 0 aliphatic carbocycles. The van der Waals surface area contributed by atoms with Gasteiger partial charge in [0.1, 0.15) is 29.2 Å². The molecule has 0 saturated carbocycles. The summed E-state index contributed by atoms with van der Waals surface area (Å²) >= 11 is 0. The number of carboxylic acids is 2. The second kappa shape index (κ2) is 24.1. The van der Waals surface area contributed by atoms with E-state index >= 15 is 0 Å². The number of fused-ring (bicyclic) bond motifs is 1. The van der Waals surface area contributed by atoms with Crippen LogP contribution in [-0.2, 0) is 29.1 Å². The minimum atomic E-state index is -5.19. The van der Waals surface area contributed by atoms with Gasteiger partial charge in [0.05, 0.1) is 21.3 Å². The Morgan fingerprint density at radius 3 is 1.28 bits per heavy atom. The maximum Gasteiger partial charge on any atom is 2.00 e. The zero-order valence-electron chi connectivity index (χ0n) is 36.8. The summed E-state index contributed by atoms with van der Waals surface area (Å²) in [7, 11) is 3.16. The average Bonchev–Trinajstić information content (AvgIpc) is 3.34. The van der Waals surface area contributed by atoms with Crippen molar-refractivity contribution in [3.8, 4) is 39.5 Å². The van der Waals surface area contributed by atoms with Crippen molar-refractivity contribution < 1.29 is 79.8 Å². The number of benzene rings is 8. The van der Waals surface area contributed by atoms with E-state index in [2.05, 4.69) is 182 Å². The Morgan fingerprint density at radius 2 is 0.855 bits per heavy atom. The first-order valence-electron chi connectivity index (χ1n) is 20.4. The smallest absolute Gasteiger partial charge is 0.542 e. The Morgan fingerprint density at radius 1 is 0.449 bits per heavy atom. The molecule has 8 aromatic carbocycles. The Kier molecular flexibility index (Phi) is 18.7. The molecule has 8 aromatic rings. The van der Waals surface area contributed by atoms with E-state index < -0.39 is 40.1 Å². The molecule has 354 valence electrons. The third-order valence-corrected chi connectivity index (χ3v) is 15.2. The summed E-state index contributed by atoms with van der Waals surface area (Å²) in [6.07, 6.45) is -10.4. The molecule has 69 heavy (non-hydrogen) atoms. The molecule has 0 aliphatic heterocycles. The quantitative estimate of drug-likeness (QED) is 0.0729. The van der Waals surface area contributed by atoms with E-state index in [0.717, 1.165) is 50.3 Å². The molecule has 0 aromatic heterocycles. The third kappa shape index (κ3) is 13.2. The monoisotopic (exact) mass is 1070 g/mol. The molecule has 0 radical (unpaired) electrons. The number of ether oxygens (including phenoxy) is 3. The molecule has 0 atom stereocenters. The van der Waals surface area contributed by atoms with E-state index in [4.69, 9.17) is 34.0 Å². The van der Waals surface area contributed by atoms with Crippen molar-refractivity contribution in [2.24, 2.45) is 0 Å². The summed E-state index contributed by atoms with van der Waals surface area (Å²) in [5, 5.41) is 27.3. The number of hydrogen-bond donors (Lipinski definition) is 0. The van der Waals surface area contributed by atoms with Gasteiger partial charge in [0, 0.05) is 16.4 Å². The predicted octanol–water partition coefficient (Wildman–Crippen LogP) is 8.31. The average molecular weight is 1070 g/mol. The number of carbonyl (C=O) groups is 2. The van der Waals surface area contributed by atoms with Crippen LogP contribution >= 0.6 is 15.8 Å². The molecule has 0 amide bonds. The normalized spacial score (nSPS) is 11.1. The topological polar surface area (TPSA) is 108 Å². The summed E-state index contributed by atoms with van der Waals surface area (Å²) in [6.45, 7) is 0. The fraction of sp³-hybridized carbons (Fsp3) is 0.0943. The maximum absolute atomic E-state index is 10.5. The van der Waals surface area contributed by atoms with Gasteiger partial charge in [-0.05, 0) is 101 Å². The van der Waals surface area contributed by atoms with Crippen LogP contribution in [0.3, 0.4) is 0 Å². The minimum Gasteiger partial charge on any atom is -0.542 e. The fourth-order valence-electron chi connectivity index (χ4n) is 7.24. The molecule has 0 unspecified atom stereocenters. The molecule has 8 rings (SSSR count). The number of aliphatic carboxylic acids is 2. The van der Waals surface area contributed by atoms with Crippen LogP contribution in [-0.4, -0.2) is 45.6 Å². The molecular weight excluding hydrogens is 1030 g/mol. The maximum atomic E-state index is 10.5. The summed E-state index contributed by atoms with van der Waals surface area (Å²) in [5.74, 6) is -3.55. The van der Waals surface area contributed by atoms with Gasteiger partial charge in [-0.3, -0.25) is 0 Å². The van der Waals surface area contributed by atoms with Crippen molar-refractivity contribution >= 4 is 70.4 Å². The van der Waals surface area contributed by atoms with E-state index in [0.29, 0.717) is 0 Å². The van der Waals surface area contributed by atoms with Crippen LogP contribution in [0.5, 0.6) is 17.2 Å². The largest absolute Gasteiger partial charge is 2.00 e. The molecule has 7 nitrogen and oxygen atoms in total. The van der Waals surface area contributed by atoms with Crippen molar-refractivity contribution in [1.82, 2.24) is 0 Å². The molecule has 0 aliphatic rings. The van der Waals surface area contributed by atoms with Gasteiger partial charge in [-0.15, -0.1) is 0 Å². The van der Waals surface area contributed by atoms with Crippen molar-refractivity contribution in [1.29, 1.82) is 0 Å². The number of rotatable bonds is 11. The van der Waals surface area contributed by atoms with Gasteiger partial charge in [0.15, 0.2) is 0 Å². The van der Waals surface area contributed by atoms with E-state index in [1.165, 1.54) is 31.8 Å². The van der Waals surface area contributed by atoms with Crippen molar-refractivity contribution in [2.75, 3.05) is 21.3 Å². The van der Waals surface area contributed by atoms with Crippen LogP contribution in [0, 0.1) is 0 Å². The van der Waals surface area contributed by atoms with Gasteiger partial charge in [-0.2, -0.15) is 26.3 Å². The number of halogens is 6. The SMILES string of the molecule is COc1ccc2cc(-c3ccc(OC)c(-c4c(OC)cccc4P(c4ccccc4)c4ccccc4)c3P(c3ccccc3)c3ccccc3)ccc2c1.O=C([O-])C(F)(F)F.O=C([O-])C(F)(F)F.[Ru+2].